The van der Waals surface area contributed by atoms with Crippen LogP contribution in [0.15, 0.2) is 29.4 Å². The summed E-state index contributed by atoms with van der Waals surface area (Å²) >= 11 is 1.46. The van der Waals surface area contributed by atoms with Crippen LogP contribution in [0, 0.1) is 5.41 Å². The predicted octanol–water partition coefficient (Wildman–Crippen LogP) is 3.39. The molecule has 3 aromatic heterocycles. The number of aliphatic hydroxyl groups is 1. The van der Waals surface area contributed by atoms with E-state index < -0.39 is 5.60 Å². The summed E-state index contributed by atoms with van der Waals surface area (Å²) in [5.74, 6) is 0.440. The third-order valence-electron chi connectivity index (χ3n) is 4.71. The van der Waals surface area contributed by atoms with Crippen molar-refractivity contribution >= 4 is 33.7 Å². The number of hydrogen-bond acceptors (Lipinski definition) is 7. The molecule has 26 heavy (non-hydrogen) atoms. The zero-order chi connectivity index (χ0) is 18.5. The van der Waals surface area contributed by atoms with Gasteiger partial charge in [-0.3, -0.25) is 4.99 Å². The molecule has 134 valence electrons. The summed E-state index contributed by atoms with van der Waals surface area (Å²) in [5, 5.41) is 11.6. The molecule has 3 N–H and O–H groups in total. The number of aliphatic imine (C=N–C) groups is 1. The van der Waals surface area contributed by atoms with Crippen LogP contribution in [0.3, 0.4) is 0 Å². The molecule has 6 nitrogen and oxygen atoms in total. The number of rotatable bonds is 3. The summed E-state index contributed by atoms with van der Waals surface area (Å²) in [6.45, 7) is 4.33. The minimum absolute atomic E-state index is 0.165. The first kappa shape index (κ1) is 17.1. The van der Waals surface area contributed by atoms with Gasteiger partial charge in [0.15, 0.2) is 0 Å². The number of pyridine rings is 2. The molecule has 7 heteroatoms. The van der Waals surface area contributed by atoms with Gasteiger partial charge >= 0.3 is 0 Å². The number of nitrogens with zero attached hydrogens (tertiary/aromatic N) is 4. The molecule has 0 aromatic carbocycles. The summed E-state index contributed by atoms with van der Waals surface area (Å²) in [5.41, 5.74) is 8.47. The number of nitrogen functional groups attached to an aromatic ring is 1. The summed E-state index contributed by atoms with van der Waals surface area (Å²) in [7, 11) is 1.70. The van der Waals surface area contributed by atoms with Gasteiger partial charge in [0.2, 0.25) is 0 Å². The van der Waals surface area contributed by atoms with Gasteiger partial charge in [-0.15, -0.1) is 0 Å². The SMILES string of the molecule is CN=Cc1cc(-c2ccc3nc(C4(O)CC(C)(C)C4)sc3n2)cnc1N. The summed E-state index contributed by atoms with van der Waals surface area (Å²) < 4.78 is 0. The molecule has 4 rings (SSSR count). The lowest BCUT2D eigenvalue weighted by Gasteiger charge is -2.48. The van der Waals surface area contributed by atoms with Gasteiger partial charge in [0.25, 0.3) is 0 Å². The molecule has 0 saturated heterocycles. The maximum Gasteiger partial charge on any atom is 0.144 e. The normalized spacial score (nSPS) is 18.3. The van der Waals surface area contributed by atoms with Crippen molar-refractivity contribution in [3.8, 4) is 11.3 Å². The molecular formula is C19H21N5OS. The third-order valence-corrected chi connectivity index (χ3v) is 5.87. The van der Waals surface area contributed by atoms with E-state index in [1.807, 2.05) is 18.2 Å². The smallest absolute Gasteiger partial charge is 0.144 e. The molecule has 0 spiro atoms. The van der Waals surface area contributed by atoms with Gasteiger partial charge in [0.1, 0.15) is 26.8 Å². The molecule has 3 heterocycles. The molecule has 0 unspecified atom stereocenters. The molecule has 0 atom stereocenters. The second-order valence-corrected chi connectivity index (χ2v) is 8.65. The Labute approximate surface area is 155 Å². The largest absolute Gasteiger partial charge is 0.383 e. The van der Waals surface area contributed by atoms with Crippen molar-refractivity contribution in [1.82, 2.24) is 15.0 Å². The number of anilines is 1. The Kier molecular flexibility index (Phi) is 3.82. The molecule has 0 amide bonds. The van der Waals surface area contributed by atoms with Crippen LogP contribution in [-0.4, -0.2) is 33.3 Å². The first-order valence-electron chi connectivity index (χ1n) is 8.48. The third kappa shape index (κ3) is 2.87. The van der Waals surface area contributed by atoms with Crippen LogP contribution in [0.5, 0.6) is 0 Å². The molecule has 1 aliphatic carbocycles. The first-order chi connectivity index (χ1) is 12.3. The van der Waals surface area contributed by atoms with E-state index in [2.05, 4.69) is 28.8 Å². The standard InChI is InChI=1S/C19H21N5OS/c1-18(2)9-19(25,10-18)17-24-14-5-4-13(23-16(14)26-17)11-6-12(7-21-3)15(20)22-8-11/h4-8,25H,9-10H2,1-3H3,(H2,20,22). The topological polar surface area (TPSA) is 97.3 Å². The van der Waals surface area contributed by atoms with Crippen LogP contribution in [0.4, 0.5) is 5.82 Å². The number of hydrogen-bond donors (Lipinski definition) is 2. The zero-order valence-corrected chi connectivity index (χ0v) is 15.8. The van der Waals surface area contributed by atoms with Crippen LogP contribution in [-0.2, 0) is 5.60 Å². The summed E-state index contributed by atoms with van der Waals surface area (Å²) in [6.07, 6.45) is 4.85. The average molecular weight is 367 g/mol. The Morgan fingerprint density at radius 3 is 2.73 bits per heavy atom. The highest BCUT2D eigenvalue weighted by atomic mass is 32.1. The molecular weight excluding hydrogens is 346 g/mol. The van der Waals surface area contributed by atoms with Crippen molar-refractivity contribution in [3.05, 3.63) is 35.0 Å². The molecule has 0 radical (unpaired) electrons. The maximum atomic E-state index is 10.8. The lowest BCUT2D eigenvalue weighted by Crippen LogP contribution is -2.46. The van der Waals surface area contributed by atoms with Gasteiger partial charge in [-0.1, -0.05) is 25.2 Å². The number of thiazole rings is 1. The number of aromatic nitrogens is 3. The first-order valence-corrected chi connectivity index (χ1v) is 9.30. The number of nitrogens with two attached hydrogens (primary N) is 1. The van der Waals surface area contributed by atoms with Crippen LogP contribution in [0.25, 0.3) is 21.6 Å². The predicted molar refractivity (Wildman–Crippen MR) is 105 cm³/mol. The van der Waals surface area contributed by atoms with Crippen molar-refractivity contribution < 1.29 is 5.11 Å². The Hall–Kier alpha value is -2.38. The van der Waals surface area contributed by atoms with Gasteiger partial charge in [0, 0.05) is 30.6 Å². The van der Waals surface area contributed by atoms with Crippen LogP contribution < -0.4 is 5.73 Å². The maximum absolute atomic E-state index is 10.8. The Bertz CT molecular complexity index is 1020. The van der Waals surface area contributed by atoms with Crippen molar-refractivity contribution in [2.75, 3.05) is 12.8 Å². The fourth-order valence-electron chi connectivity index (χ4n) is 3.73. The minimum Gasteiger partial charge on any atom is -0.383 e. The van der Waals surface area contributed by atoms with Crippen LogP contribution in [0.2, 0.25) is 0 Å². The fourth-order valence-corrected chi connectivity index (χ4v) is 4.76. The van der Waals surface area contributed by atoms with E-state index in [1.54, 1.807) is 19.5 Å². The van der Waals surface area contributed by atoms with E-state index in [-0.39, 0.29) is 5.41 Å². The second-order valence-electron chi connectivity index (χ2n) is 7.67. The molecule has 1 aliphatic rings. The summed E-state index contributed by atoms with van der Waals surface area (Å²) in [6, 6.07) is 5.78. The second kappa shape index (κ2) is 5.82. The molecule has 0 aliphatic heterocycles. The fraction of sp³-hybridized carbons (Fsp3) is 0.368. The van der Waals surface area contributed by atoms with E-state index in [4.69, 9.17) is 10.7 Å². The Morgan fingerprint density at radius 1 is 1.27 bits per heavy atom. The molecule has 3 aromatic rings. The van der Waals surface area contributed by atoms with Crippen molar-refractivity contribution in [2.45, 2.75) is 32.3 Å². The highest BCUT2D eigenvalue weighted by Gasteiger charge is 2.51. The van der Waals surface area contributed by atoms with Gasteiger partial charge in [0.05, 0.1) is 5.69 Å². The highest BCUT2D eigenvalue weighted by molar-refractivity contribution is 7.18. The van der Waals surface area contributed by atoms with Crippen LogP contribution in [0.1, 0.15) is 37.3 Å². The minimum atomic E-state index is -0.817. The van der Waals surface area contributed by atoms with Crippen LogP contribution >= 0.6 is 11.3 Å². The van der Waals surface area contributed by atoms with Crippen molar-refractivity contribution in [2.24, 2.45) is 10.4 Å². The Balaban J connectivity index is 1.72. The van der Waals surface area contributed by atoms with Gasteiger partial charge in [-0.05, 0) is 36.5 Å². The molecule has 0 bridgehead atoms. The van der Waals surface area contributed by atoms with Crippen molar-refractivity contribution in [3.63, 3.8) is 0 Å². The van der Waals surface area contributed by atoms with E-state index in [0.29, 0.717) is 5.82 Å². The van der Waals surface area contributed by atoms with E-state index in [0.717, 1.165) is 45.0 Å². The van der Waals surface area contributed by atoms with E-state index >= 15 is 0 Å². The highest BCUT2D eigenvalue weighted by Crippen LogP contribution is 2.54. The van der Waals surface area contributed by atoms with Gasteiger partial charge < -0.3 is 10.8 Å². The quantitative estimate of drug-likeness (QED) is 0.692. The van der Waals surface area contributed by atoms with Gasteiger partial charge in [-0.2, -0.15) is 0 Å². The number of fused-ring (bicyclic) bond motifs is 1. The monoisotopic (exact) mass is 367 g/mol. The molecule has 1 fully saturated rings. The summed E-state index contributed by atoms with van der Waals surface area (Å²) in [4.78, 5) is 18.4. The average Bonchev–Trinajstić information content (AvgIpc) is 2.99. The van der Waals surface area contributed by atoms with Crippen molar-refractivity contribution in [1.29, 1.82) is 0 Å². The van der Waals surface area contributed by atoms with E-state index in [1.165, 1.54) is 11.3 Å². The van der Waals surface area contributed by atoms with Gasteiger partial charge in [-0.25, -0.2) is 15.0 Å². The Morgan fingerprint density at radius 2 is 2.04 bits per heavy atom. The lowest BCUT2D eigenvalue weighted by molar-refractivity contribution is -0.119. The van der Waals surface area contributed by atoms with E-state index in [9.17, 15) is 5.11 Å². The molecule has 1 saturated carbocycles. The zero-order valence-electron chi connectivity index (χ0n) is 15.0. The lowest BCUT2D eigenvalue weighted by atomic mass is 9.61.